The van der Waals surface area contributed by atoms with Crippen LogP contribution in [0, 0.1) is 0 Å². The summed E-state index contributed by atoms with van der Waals surface area (Å²) in [5, 5.41) is 0. The van der Waals surface area contributed by atoms with Crippen LogP contribution in [0.15, 0.2) is 0 Å². The first-order valence-electron chi connectivity index (χ1n) is 5.83. The largest absolute Gasteiger partial charge is 0.341 e. The van der Waals surface area contributed by atoms with Crippen LogP contribution in [0.1, 0.15) is 54.6 Å². The highest BCUT2D eigenvalue weighted by atomic mass is 35.8. The summed E-state index contributed by atoms with van der Waals surface area (Å²) in [6, 6.07) is -1.76. The van der Waals surface area contributed by atoms with Crippen molar-refractivity contribution in [2.75, 3.05) is 0 Å². The van der Waals surface area contributed by atoms with Gasteiger partial charge in [0, 0.05) is 2.74 Å². The van der Waals surface area contributed by atoms with E-state index in [4.69, 9.17) is 36.0 Å². The Bertz CT molecular complexity index is 171. The maximum Gasteiger partial charge on any atom is 0.341 e. The van der Waals surface area contributed by atoms with Crippen LogP contribution in [0.2, 0.25) is 6.04 Å². The first-order chi connectivity index (χ1) is 6.77. The van der Waals surface area contributed by atoms with E-state index in [0.717, 1.165) is 25.7 Å². The van der Waals surface area contributed by atoms with E-state index >= 15 is 0 Å². The molecule has 0 rings (SSSR count). The monoisotopic (exact) mass is 262 g/mol. The summed E-state index contributed by atoms with van der Waals surface area (Å²) in [6.45, 7) is 2.01. The van der Waals surface area contributed by atoms with Gasteiger partial charge in [0.15, 0.2) is 0 Å². The molecule has 0 aromatic heterocycles. The molecule has 0 aromatic carbocycles. The van der Waals surface area contributed by atoms with E-state index in [1.54, 1.807) is 0 Å². The Morgan fingerprint density at radius 3 is 2.15 bits per heavy atom. The molecule has 0 amide bonds. The van der Waals surface area contributed by atoms with Gasteiger partial charge in [0.25, 0.3) is 0 Å². The van der Waals surface area contributed by atoms with Crippen LogP contribution in [-0.4, -0.2) is 6.00 Å². The number of halogens is 3. The van der Waals surface area contributed by atoms with E-state index in [-0.39, 0.29) is 0 Å². The Morgan fingerprint density at radius 1 is 1.00 bits per heavy atom. The van der Waals surface area contributed by atoms with Gasteiger partial charge in [0.1, 0.15) is 0 Å². The number of hydrogen-bond donors (Lipinski definition) is 0. The molecule has 0 radical (unpaired) electrons. The number of hydrogen-bond acceptors (Lipinski definition) is 0. The number of rotatable bonds is 8. The summed E-state index contributed by atoms with van der Waals surface area (Å²) in [4.78, 5) is 0. The second kappa shape index (κ2) is 8.40. The molecule has 0 aliphatic carbocycles. The SMILES string of the molecule is [2H]C([2H])(CCC)CCCCC[Si](Cl)(Cl)Cl. The summed E-state index contributed by atoms with van der Waals surface area (Å²) in [5.41, 5.74) is 0. The van der Waals surface area contributed by atoms with Crippen LogP contribution in [-0.2, 0) is 0 Å². The molecule has 0 bridgehead atoms. The molecule has 80 valence electrons. The van der Waals surface area contributed by atoms with Crippen LogP contribution in [0.3, 0.4) is 0 Å². The van der Waals surface area contributed by atoms with Crippen LogP contribution < -0.4 is 0 Å². The minimum Gasteiger partial charge on any atom is -0.126 e. The van der Waals surface area contributed by atoms with E-state index in [0.29, 0.717) is 18.9 Å². The molecule has 0 aliphatic rings. The third-order valence-electron chi connectivity index (χ3n) is 1.74. The molecule has 0 spiro atoms. The predicted molar refractivity (Wildman–Crippen MR) is 66.1 cm³/mol. The zero-order chi connectivity index (χ0) is 11.9. The molecule has 0 N–H and O–H groups in total. The maximum atomic E-state index is 7.68. The van der Waals surface area contributed by atoms with Gasteiger partial charge in [-0.1, -0.05) is 51.8 Å². The lowest BCUT2D eigenvalue weighted by Gasteiger charge is -2.06. The van der Waals surface area contributed by atoms with Crippen molar-refractivity contribution in [1.29, 1.82) is 0 Å². The first kappa shape index (κ1) is 10.6. The normalized spacial score (nSPS) is 15.4. The van der Waals surface area contributed by atoms with E-state index in [1.807, 2.05) is 6.92 Å². The van der Waals surface area contributed by atoms with Crippen molar-refractivity contribution in [3.05, 3.63) is 0 Å². The summed E-state index contributed by atoms with van der Waals surface area (Å²) >= 11 is 17.2. The van der Waals surface area contributed by atoms with Crippen molar-refractivity contribution in [2.45, 2.75) is 57.9 Å². The van der Waals surface area contributed by atoms with E-state index < -0.39 is 12.4 Å². The average Bonchev–Trinajstić information content (AvgIpc) is 2.00. The summed E-state index contributed by atoms with van der Waals surface area (Å²) in [5.74, 6) is 0. The third kappa shape index (κ3) is 13.1. The molecule has 0 fully saturated rings. The Balaban J connectivity index is 3.46. The zero-order valence-electron chi connectivity index (χ0n) is 10.1. The summed E-state index contributed by atoms with van der Waals surface area (Å²) < 4.78 is 15.4. The fraction of sp³-hybridized carbons (Fsp3) is 1.00. The summed E-state index contributed by atoms with van der Waals surface area (Å²) in [6.07, 6.45) is 3.92. The lowest BCUT2D eigenvalue weighted by atomic mass is 10.1. The highest BCUT2D eigenvalue weighted by molar-refractivity contribution is 7.64. The van der Waals surface area contributed by atoms with Gasteiger partial charge in [-0.05, 0) is 6.04 Å². The van der Waals surface area contributed by atoms with Crippen LogP contribution in [0.4, 0.5) is 0 Å². The molecule has 0 aromatic rings. The second-order valence-corrected chi connectivity index (χ2v) is 12.5. The molecule has 4 heteroatoms. The van der Waals surface area contributed by atoms with E-state index in [2.05, 4.69) is 0 Å². The van der Waals surface area contributed by atoms with Crippen LogP contribution in [0.25, 0.3) is 0 Å². The Kier molecular flexibility index (Phi) is 6.85. The molecule has 0 heterocycles. The average molecular weight is 264 g/mol. The highest BCUT2D eigenvalue weighted by Gasteiger charge is 2.23. The van der Waals surface area contributed by atoms with Gasteiger partial charge >= 0.3 is 6.00 Å². The molecule has 13 heavy (non-hydrogen) atoms. The molecule has 0 atom stereocenters. The molecule has 0 unspecified atom stereocenters. The molecular formula is C9H19Cl3Si. The Hall–Kier alpha value is 1.09. The molecule has 0 aliphatic heterocycles. The minimum absolute atomic E-state index is 0.627. The van der Waals surface area contributed by atoms with Gasteiger partial charge < -0.3 is 0 Å². The molecular weight excluding hydrogens is 243 g/mol. The fourth-order valence-electron chi connectivity index (χ4n) is 1.05. The predicted octanol–water partition coefficient (Wildman–Crippen LogP) is 5.39. The first-order valence-corrected chi connectivity index (χ1v) is 10.1. The fourth-order valence-corrected chi connectivity index (χ4v) is 2.91. The van der Waals surface area contributed by atoms with Gasteiger partial charge in [-0.25, -0.2) is 0 Å². The van der Waals surface area contributed by atoms with Gasteiger partial charge in [-0.2, -0.15) is 0 Å². The van der Waals surface area contributed by atoms with Crippen molar-refractivity contribution in [3.8, 4) is 0 Å². The minimum atomic E-state index is -2.45. The maximum absolute atomic E-state index is 7.68. The lowest BCUT2D eigenvalue weighted by Crippen LogP contribution is -2.07. The lowest BCUT2D eigenvalue weighted by molar-refractivity contribution is 0.601. The quantitative estimate of drug-likeness (QED) is 0.313. The molecule has 0 nitrogen and oxygen atoms in total. The zero-order valence-corrected chi connectivity index (χ0v) is 11.4. The van der Waals surface area contributed by atoms with Gasteiger partial charge in [0.05, 0.1) is 0 Å². The van der Waals surface area contributed by atoms with Gasteiger partial charge in [-0.15, -0.1) is 33.2 Å². The third-order valence-corrected chi connectivity index (χ3v) is 4.36. The van der Waals surface area contributed by atoms with Crippen molar-refractivity contribution in [2.24, 2.45) is 0 Å². The van der Waals surface area contributed by atoms with Crippen molar-refractivity contribution < 1.29 is 2.74 Å². The van der Waals surface area contributed by atoms with Crippen LogP contribution >= 0.6 is 33.2 Å². The van der Waals surface area contributed by atoms with E-state index in [1.165, 1.54) is 0 Å². The van der Waals surface area contributed by atoms with Gasteiger partial charge in [-0.3, -0.25) is 0 Å². The van der Waals surface area contributed by atoms with Crippen LogP contribution in [0.5, 0.6) is 0 Å². The van der Waals surface area contributed by atoms with E-state index in [9.17, 15) is 0 Å². The molecule has 0 saturated carbocycles. The summed E-state index contributed by atoms with van der Waals surface area (Å²) in [7, 11) is 0. The molecule has 0 saturated heterocycles. The Labute approximate surface area is 99.9 Å². The Morgan fingerprint density at radius 2 is 1.62 bits per heavy atom. The van der Waals surface area contributed by atoms with Crippen molar-refractivity contribution in [3.63, 3.8) is 0 Å². The van der Waals surface area contributed by atoms with Crippen molar-refractivity contribution in [1.82, 2.24) is 0 Å². The second-order valence-electron chi connectivity index (χ2n) is 3.18. The highest BCUT2D eigenvalue weighted by Crippen LogP contribution is 2.27. The number of unbranched alkanes of at least 4 members (excludes halogenated alkanes) is 2. The standard InChI is InChI=1S/C9H19Cl3Si/c1-2-3-4-5-6-7-8-9-13(10,11)12/h2-9H2,1H3/i4D2. The topological polar surface area (TPSA) is 0 Å². The van der Waals surface area contributed by atoms with Gasteiger partial charge in [0.2, 0.25) is 0 Å². The van der Waals surface area contributed by atoms with Crippen molar-refractivity contribution >= 4 is 39.2 Å². The smallest absolute Gasteiger partial charge is 0.126 e.